The van der Waals surface area contributed by atoms with E-state index in [2.05, 4.69) is 35.7 Å². The summed E-state index contributed by atoms with van der Waals surface area (Å²) < 4.78 is 7.91. The highest BCUT2D eigenvalue weighted by Gasteiger charge is 2.42. The smallest absolute Gasteiger partial charge is 0.315 e. The number of nitrogen functional groups attached to an aromatic ring is 1. The van der Waals surface area contributed by atoms with Crippen LogP contribution in [-0.4, -0.2) is 134 Å². The van der Waals surface area contributed by atoms with E-state index in [9.17, 15) is 14.4 Å². The van der Waals surface area contributed by atoms with Gasteiger partial charge < -0.3 is 31.3 Å². The fraction of sp³-hybridized carbons (Fsp3) is 0.476. The zero-order chi connectivity index (χ0) is 39.8. The van der Waals surface area contributed by atoms with Crippen molar-refractivity contribution in [1.82, 2.24) is 50.4 Å². The van der Waals surface area contributed by atoms with Gasteiger partial charge in [-0.2, -0.15) is 16.9 Å². The summed E-state index contributed by atoms with van der Waals surface area (Å²) in [5, 5.41) is 15.3. The molecule has 4 aliphatic heterocycles. The highest BCUT2D eigenvalue weighted by Crippen LogP contribution is 2.35. The number of para-hydroxylation sites is 1. The molecule has 58 heavy (non-hydrogen) atoms. The first kappa shape index (κ1) is 39.6. The fourth-order valence-corrected chi connectivity index (χ4v) is 9.98. The van der Waals surface area contributed by atoms with Crippen LogP contribution in [0.3, 0.4) is 0 Å². The number of piperazine rings is 1. The minimum absolute atomic E-state index is 0.00424. The molecular weight excluding hydrogens is 755 g/mol. The third-order valence-corrected chi connectivity index (χ3v) is 13.1. The Bertz CT molecular complexity index is 2070. The number of hydrogen-bond donors (Lipinski definition) is 4. The van der Waals surface area contributed by atoms with Gasteiger partial charge in [-0.3, -0.25) is 19.4 Å². The average Bonchev–Trinajstić information content (AvgIpc) is 3.94. The van der Waals surface area contributed by atoms with Gasteiger partial charge in [0.25, 0.3) is 0 Å². The maximum Gasteiger partial charge on any atom is 0.315 e. The molecule has 5 N–H and O–H groups in total. The molecule has 0 spiro atoms. The topological polar surface area (TPSA) is 176 Å². The van der Waals surface area contributed by atoms with E-state index in [1.807, 2.05) is 82.0 Å². The maximum absolute atomic E-state index is 13.4. The molecule has 8 rings (SSSR count). The van der Waals surface area contributed by atoms with Gasteiger partial charge in [-0.1, -0.05) is 30.7 Å². The molecule has 2 aromatic carbocycles. The van der Waals surface area contributed by atoms with E-state index in [4.69, 9.17) is 15.6 Å². The van der Waals surface area contributed by atoms with Crippen LogP contribution in [0, 0.1) is 0 Å². The summed E-state index contributed by atoms with van der Waals surface area (Å²) in [6.07, 6.45) is 10.3. The second-order valence-corrected chi connectivity index (χ2v) is 16.8. The summed E-state index contributed by atoms with van der Waals surface area (Å²) in [4.78, 5) is 53.0. The van der Waals surface area contributed by atoms with Gasteiger partial charge in [-0.25, -0.2) is 19.4 Å². The van der Waals surface area contributed by atoms with Crippen molar-refractivity contribution in [3.05, 3.63) is 73.1 Å². The Hall–Kier alpha value is -5.19. The second kappa shape index (κ2) is 18.6. The molecule has 4 fully saturated rings. The lowest BCUT2D eigenvalue weighted by Gasteiger charge is -2.34. The van der Waals surface area contributed by atoms with Gasteiger partial charge in [-0.05, 0) is 62.1 Å². The summed E-state index contributed by atoms with van der Waals surface area (Å²) in [6, 6.07) is 17.8. The average molecular weight is 808 g/mol. The molecular formula is C42H53N11O4S. The van der Waals surface area contributed by atoms with Crippen LogP contribution in [0.2, 0.25) is 0 Å². The Balaban J connectivity index is 0.759. The standard InChI is InChI=1S/C42H53N11O4S/c43-40-37-38(29-14-16-32(17-15-29)57-31-9-2-1-3-10-31)49-53(41(37)46-28-45-40)30-8-6-20-52(26-30)36(55)13-7-19-50-22-24-51(25-23-50)21-18-44-35(54)12-5-4-11-34-39-33(27-58-34)47-42(56)48-39/h1-3,7,9-10,13-17,28,30,33-34,39H,4-6,8,11-12,18-27H2,(H,44,54)(H2,43,45,46)(H2,47,48,56)/t30-,33+,34?,39+/m1/s1. The minimum atomic E-state index is -0.0551. The summed E-state index contributed by atoms with van der Waals surface area (Å²) in [7, 11) is 0. The number of carbonyl (C=O) groups excluding carboxylic acids is 3. The van der Waals surface area contributed by atoms with E-state index >= 15 is 0 Å². The number of nitrogens with two attached hydrogens (primary N) is 1. The van der Waals surface area contributed by atoms with Gasteiger partial charge >= 0.3 is 6.03 Å². The van der Waals surface area contributed by atoms with Crippen molar-refractivity contribution in [2.45, 2.75) is 61.9 Å². The lowest BCUT2D eigenvalue weighted by molar-refractivity contribution is -0.127. The molecule has 4 amide bonds. The molecule has 15 nitrogen and oxygen atoms in total. The lowest BCUT2D eigenvalue weighted by atomic mass is 10.0. The quantitative estimate of drug-likeness (QED) is 0.0775. The Labute approximate surface area is 343 Å². The Morgan fingerprint density at radius 3 is 2.59 bits per heavy atom. The van der Waals surface area contributed by atoms with E-state index < -0.39 is 0 Å². The predicted molar refractivity (Wildman–Crippen MR) is 226 cm³/mol. The normalized spacial score (nSPS) is 22.6. The molecule has 4 aromatic rings. The van der Waals surface area contributed by atoms with E-state index in [1.165, 1.54) is 6.33 Å². The number of carbonyl (C=O) groups is 3. The zero-order valence-corrected chi connectivity index (χ0v) is 33.6. The monoisotopic (exact) mass is 807 g/mol. The molecule has 4 saturated heterocycles. The van der Waals surface area contributed by atoms with Crippen LogP contribution in [0.5, 0.6) is 11.5 Å². The van der Waals surface area contributed by atoms with Crippen LogP contribution in [0.4, 0.5) is 10.6 Å². The number of urea groups is 1. The summed E-state index contributed by atoms with van der Waals surface area (Å²) in [5.74, 6) is 2.92. The first-order valence-corrected chi connectivity index (χ1v) is 21.6. The second-order valence-electron chi connectivity index (χ2n) is 15.5. The number of piperidine rings is 1. The molecule has 4 atom stereocenters. The molecule has 6 heterocycles. The Kier molecular flexibility index (Phi) is 12.7. The number of amides is 4. The number of anilines is 1. The van der Waals surface area contributed by atoms with Crippen LogP contribution in [0.1, 0.15) is 44.6 Å². The van der Waals surface area contributed by atoms with E-state index in [0.717, 1.165) is 88.4 Å². The molecule has 0 saturated carbocycles. The van der Waals surface area contributed by atoms with Gasteiger partial charge in [0.15, 0.2) is 5.65 Å². The molecule has 0 radical (unpaired) electrons. The third-order valence-electron chi connectivity index (χ3n) is 11.6. The van der Waals surface area contributed by atoms with Gasteiger partial charge in [0.05, 0.1) is 23.5 Å². The lowest BCUT2D eigenvalue weighted by Crippen LogP contribution is -2.48. The van der Waals surface area contributed by atoms with Gasteiger partial charge in [-0.15, -0.1) is 0 Å². The molecule has 0 aliphatic carbocycles. The van der Waals surface area contributed by atoms with Crippen LogP contribution in [0.15, 0.2) is 73.1 Å². The third kappa shape index (κ3) is 9.56. The van der Waals surface area contributed by atoms with Crippen molar-refractivity contribution in [3.8, 4) is 22.8 Å². The van der Waals surface area contributed by atoms with E-state index in [-0.39, 0.29) is 36.0 Å². The molecule has 4 aliphatic rings. The first-order chi connectivity index (χ1) is 28.4. The Morgan fingerprint density at radius 1 is 0.966 bits per heavy atom. The van der Waals surface area contributed by atoms with Crippen molar-refractivity contribution in [2.24, 2.45) is 0 Å². The number of rotatable bonds is 15. The van der Waals surface area contributed by atoms with Crippen molar-refractivity contribution in [2.75, 3.05) is 70.4 Å². The highest BCUT2D eigenvalue weighted by atomic mass is 32.2. The van der Waals surface area contributed by atoms with E-state index in [1.54, 1.807) is 6.08 Å². The van der Waals surface area contributed by atoms with Crippen LogP contribution >= 0.6 is 11.8 Å². The number of hydrogen-bond acceptors (Lipinski definition) is 11. The molecule has 1 unspecified atom stereocenters. The predicted octanol–water partition coefficient (Wildman–Crippen LogP) is 4.05. The molecule has 306 valence electrons. The number of benzene rings is 2. The number of unbranched alkanes of at least 4 members (excludes halogenated alkanes) is 1. The SMILES string of the molecule is Nc1ncnc2c1c(-c1ccc(Oc3ccccc3)cc1)nn2[C@@H]1CCCN(C(=O)C=CCN2CCN(CCNC(=O)CCCCC3SC[C@@H]4NC(=O)N[C@H]34)CC2)C1. The maximum atomic E-state index is 13.4. The van der Waals surface area contributed by atoms with Crippen molar-refractivity contribution >= 4 is 46.5 Å². The van der Waals surface area contributed by atoms with Crippen molar-refractivity contribution in [1.29, 1.82) is 0 Å². The molecule has 0 bridgehead atoms. The van der Waals surface area contributed by atoms with Crippen LogP contribution in [0.25, 0.3) is 22.3 Å². The van der Waals surface area contributed by atoms with Gasteiger partial charge in [0.1, 0.15) is 29.3 Å². The van der Waals surface area contributed by atoms with Gasteiger partial charge in [0, 0.05) is 88.0 Å². The number of nitrogens with zero attached hydrogens (tertiary/aromatic N) is 7. The van der Waals surface area contributed by atoms with Gasteiger partial charge in [0.2, 0.25) is 11.8 Å². The van der Waals surface area contributed by atoms with Crippen LogP contribution < -0.4 is 26.4 Å². The first-order valence-electron chi connectivity index (χ1n) is 20.6. The van der Waals surface area contributed by atoms with E-state index in [0.29, 0.717) is 59.6 Å². The summed E-state index contributed by atoms with van der Waals surface area (Å²) >= 11 is 1.92. The van der Waals surface area contributed by atoms with Crippen molar-refractivity contribution in [3.63, 3.8) is 0 Å². The highest BCUT2D eigenvalue weighted by molar-refractivity contribution is 8.00. The largest absolute Gasteiger partial charge is 0.457 e. The minimum Gasteiger partial charge on any atom is -0.457 e. The zero-order valence-electron chi connectivity index (χ0n) is 32.8. The number of aromatic nitrogens is 4. The number of nitrogens with one attached hydrogen (secondary N) is 3. The van der Waals surface area contributed by atoms with Crippen LogP contribution in [-0.2, 0) is 9.59 Å². The number of thioether (sulfide) groups is 1. The number of likely N-dealkylation sites (tertiary alicyclic amines) is 1. The molecule has 2 aromatic heterocycles. The Morgan fingerprint density at radius 2 is 1.76 bits per heavy atom. The number of fused-ring (bicyclic) bond motifs is 2. The molecule has 16 heteroatoms. The summed E-state index contributed by atoms with van der Waals surface area (Å²) in [5.41, 5.74) is 8.65. The number of ether oxygens (including phenoxy) is 1. The fourth-order valence-electron chi connectivity index (χ4n) is 8.43. The van der Waals surface area contributed by atoms with Crippen molar-refractivity contribution < 1.29 is 19.1 Å². The summed E-state index contributed by atoms with van der Waals surface area (Å²) in [6.45, 7) is 7.11.